The Hall–Kier alpha value is -0.760. The monoisotopic (exact) mass is 223 g/mol. The van der Waals surface area contributed by atoms with Crippen molar-refractivity contribution in [3.05, 3.63) is 29.1 Å². The molecule has 0 bridgehead atoms. The maximum absolute atomic E-state index is 8.65. The zero-order chi connectivity index (χ0) is 9.26. The van der Waals surface area contributed by atoms with E-state index in [1.807, 2.05) is 24.3 Å². The number of nitriles is 1. The van der Waals surface area contributed by atoms with E-state index in [1.165, 1.54) is 16.2 Å². The Labute approximate surface area is 89.7 Å². The van der Waals surface area contributed by atoms with E-state index in [4.69, 9.17) is 5.26 Å². The largest absolute Gasteiger partial charge is 0.192 e. The maximum atomic E-state index is 8.65. The smallest absolute Gasteiger partial charge is 0.110 e. The highest BCUT2D eigenvalue weighted by Crippen LogP contribution is 2.34. The first-order valence-corrected chi connectivity index (χ1v) is 5.67. The SMILES string of the molecule is N#Cc1ccc(-c2ccc(S)s2)s1. The van der Waals surface area contributed by atoms with Gasteiger partial charge in [0.15, 0.2) is 0 Å². The van der Waals surface area contributed by atoms with Gasteiger partial charge < -0.3 is 0 Å². The molecule has 0 fully saturated rings. The molecule has 4 heteroatoms. The molecular weight excluding hydrogens is 218 g/mol. The first-order valence-electron chi connectivity index (χ1n) is 3.59. The lowest BCUT2D eigenvalue weighted by atomic mass is 10.4. The molecule has 13 heavy (non-hydrogen) atoms. The van der Waals surface area contributed by atoms with E-state index in [0.717, 1.165) is 14.0 Å². The highest BCUT2D eigenvalue weighted by Gasteiger charge is 2.04. The Balaban J connectivity index is 2.42. The molecule has 0 saturated carbocycles. The van der Waals surface area contributed by atoms with Gasteiger partial charge in [0.2, 0.25) is 0 Å². The average Bonchev–Trinajstić information content (AvgIpc) is 2.71. The van der Waals surface area contributed by atoms with Gasteiger partial charge in [-0.05, 0) is 24.3 Å². The minimum atomic E-state index is 0.754. The number of thiol groups is 1. The molecule has 0 N–H and O–H groups in total. The molecule has 0 atom stereocenters. The van der Waals surface area contributed by atoms with E-state index in [9.17, 15) is 0 Å². The first kappa shape index (κ1) is 8.82. The quantitative estimate of drug-likeness (QED) is 0.733. The number of thiophene rings is 2. The third-order valence-corrected chi connectivity index (χ3v) is 4.05. The van der Waals surface area contributed by atoms with Gasteiger partial charge in [-0.1, -0.05) is 0 Å². The van der Waals surface area contributed by atoms with Gasteiger partial charge in [0.05, 0.1) is 4.21 Å². The van der Waals surface area contributed by atoms with E-state index in [-0.39, 0.29) is 0 Å². The molecule has 0 amide bonds. The fourth-order valence-corrected chi connectivity index (χ4v) is 3.00. The number of hydrogen-bond acceptors (Lipinski definition) is 4. The molecule has 0 aliphatic heterocycles. The van der Waals surface area contributed by atoms with Crippen molar-refractivity contribution in [1.29, 1.82) is 5.26 Å². The minimum absolute atomic E-state index is 0.754. The van der Waals surface area contributed by atoms with Crippen LogP contribution >= 0.6 is 35.3 Å². The molecule has 2 aromatic rings. The van der Waals surface area contributed by atoms with Gasteiger partial charge >= 0.3 is 0 Å². The predicted octanol–water partition coefficient (Wildman–Crippen LogP) is 3.64. The van der Waals surface area contributed by atoms with Crippen LogP contribution in [0.4, 0.5) is 0 Å². The van der Waals surface area contributed by atoms with Crippen molar-refractivity contribution < 1.29 is 0 Å². The van der Waals surface area contributed by atoms with Crippen molar-refractivity contribution >= 4 is 35.3 Å². The van der Waals surface area contributed by atoms with Crippen LogP contribution in [-0.2, 0) is 0 Å². The topological polar surface area (TPSA) is 23.8 Å². The van der Waals surface area contributed by atoms with Crippen molar-refractivity contribution in [2.45, 2.75) is 4.21 Å². The molecule has 2 aromatic heterocycles. The average molecular weight is 223 g/mol. The van der Waals surface area contributed by atoms with Gasteiger partial charge in [0.1, 0.15) is 10.9 Å². The van der Waals surface area contributed by atoms with Crippen LogP contribution in [0, 0.1) is 11.3 Å². The lowest BCUT2D eigenvalue weighted by Gasteiger charge is -1.86. The summed E-state index contributed by atoms with van der Waals surface area (Å²) in [4.78, 5) is 3.07. The fraction of sp³-hybridized carbons (Fsp3) is 0. The van der Waals surface area contributed by atoms with Gasteiger partial charge in [-0.3, -0.25) is 0 Å². The number of rotatable bonds is 1. The second-order valence-corrected chi connectivity index (χ2v) is 5.37. The van der Waals surface area contributed by atoms with Crippen LogP contribution in [0.15, 0.2) is 28.5 Å². The molecular formula is C9H5NS3. The Morgan fingerprint density at radius 2 is 1.77 bits per heavy atom. The van der Waals surface area contributed by atoms with Crippen molar-refractivity contribution in [2.75, 3.05) is 0 Å². The van der Waals surface area contributed by atoms with Crippen LogP contribution in [0.25, 0.3) is 9.75 Å². The normalized spacial score (nSPS) is 9.85. The van der Waals surface area contributed by atoms with Crippen LogP contribution in [0.5, 0.6) is 0 Å². The van der Waals surface area contributed by atoms with Gasteiger partial charge in [-0.25, -0.2) is 0 Å². The molecule has 0 unspecified atom stereocenters. The Kier molecular flexibility index (Phi) is 2.40. The third-order valence-electron chi connectivity index (χ3n) is 1.55. The maximum Gasteiger partial charge on any atom is 0.110 e. The molecule has 0 aliphatic carbocycles. The Morgan fingerprint density at radius 3 is 2.31 bits per heavy atom. The van der Waals surface area contributed by atoms with Crippen molar-refractivity contribution in [3.63, 3.8) is 0 Å². The summed E-state index contributed by atoms with van der Waals surface area (Å²) in [5, 5.41) is 8.65. The highest BCUT2D eigenvalue weighted by molar-refractivity contribution is 7.83. The number of nitrogens with zero attached hydrogens (tertiary/aromatic N) is 1. The van der Waals surface area contributed by atoms with Gasteiger partial charge in [0, 0.05) is 9.75 Å². The molecule has 2 rings (SSSR count). The van der Waals surface area contributed by atoms with Crippen LogP contribution in [-0.4, -0.2) is 0 Å². The lowest BCUT2D eigenvalue weighted by molar-refractivity contribution is 1.52. The van der Waals surface area contributed by atoms with E-state index < -0.39 is 0 Å². The molecule has 0 saturated heterocycles. The third kappa shape index (κ3) is 1.78. The zero-order valence-corrected chi connectivity index (χ0v) is 9.05. The summed E-state index contributed by atoms with van der Waals surface area (Å²) in [6.07, 6.45) is 0. The Morgan fingerprint density at radius 1 is 1.08 bits per heavy atom. The van der Waals surface area contributed by atoms with Crippen LogP contribution < -0.4 is 0 Å². The van der Waals surface area contributed by atoms with Crippen molar-refractivity contribution in [2.24, 2.45) is 0 Å². The van der Waals surface area contributed by atoms with E-state index in [2.05, 4.69) is 18.7 Å². The number of hydrogen-bond donors (Lipinski definition) is 1. The summed E-state index contributed by atoms with van der Waals surface area (Å²) in [6.45, 7) is 0. The van der Waals surface area contributed by atoms with Gasteiger partial charge in [-0.2, -0.15) is 5.26 Å². The predicted molar refractivity (Wildman–Crippen MR) is 59.6 cm³/mol. The summed E-state index contributed by atoms with van der Waals surface area (Å²) in [5.74, 6) is 0. The van der Waals surface area contributed by atoms with Crippen molar-refractivity contribution in [3.8, 4) is 15.8 Å². The fourth-order valence-electron chi connectivity index (χ4n) is 0.991. The van der Waals surface area contributed by atoms with Gasteiger partial charge in [-0.15, -0.1) is 35.3 Å². The minimum Gasteiger partial charge on any atom is -0.192 e. The van der Waals surface area contributed by atoms with Crippen LogP contribution in [0.1, 0.15) is 4.88 Å². The molecule has 0 aromatic carbocycles. The van der Waals surface area contributed by atoms with E-state index >= 15 is 0 Å². The molecule has 1 nitrogen and oxygen atoms in total. The summed E-state index contributed by atoms with van der Waals surface area (Å²) >= 11 is 7.39. The zero-order valence-electron chi connectivity index (χ0n) is 6.52. The second-order valence-electron chi connectivity index (χ2n) is 2.41. The first-order chi connectivity index (χ1) is 6.29. The van der Waals surface area contributed by atoms with E-state index in [0.29, 0.717) is 0 Å². The van der Waals surface area contributed by atoms with Crippen LogP contribution in [0.3, 0.4) is 0 Å². The summed E-state index contributed by atoms with van der Waals surface area (Å²) < 4.78 is 1.00. The van der Waals surface area contributed by atoms with Gasteiger partial charge in [0.25, 0.3) is 0 Å². The molecule has 64 valence electrons. The lowest BCUT2D eigenvalue weighted by Crippen LogP contribution is -1.56. The molecule has 0 aliphatic rings. The standard InChI is InChI=1S/C9H5NS3/c10-5-6-1-2-7(12-6)8-3-4-9(11)13-8/h1-4,11H. The summed E-state index contributed by atoms with van der Waals surface area (Å²) in [7, 11) is 0. The summed E-state index contributed by atoms with van der Waals surface area (Å²) in [6, 6.07) is 9.94. The molecule has 2 heterocycles. The van der Waals surface area contributed by atoms with E-state index in [1.54, 1.807) is 11.3 Å². The molecule has 0 spiro atoms. The second kappa shape index (κ2) is 3.54. The van der Waals surface area contributed by atoms with Crippen molar-refractivity contribution in [1.82, 2.24) is 0 Å². The Bertz CT molecular complexity index is 461. The molecule has 0 radical (unpaired) electrons. The highest BCUT2D eigenvalue weighted by atomic mass is 32.2. The summed E-state index contributed by atoms with van der Waals surface area (Å²) in [5.41, 5.74) is 0. The van der Waals surface area contributed by atoms with Crippen LogP contribution in [0.2, 0.25) is 0 Å².